The second-order valence-corrected chi connectivity index (χ2v) is 8.27. The highest BCUT2D eigenvalue weighted by Gasteiger charge is 2.41. The number of pyridine rings is 1. The summed E-state index contributed by atoms with van der Waals surface area (Å²) in [7, 11) is 0. The molecule has 31 heavy (non-hydrogen) atoms. The van der Waals surface area contributed by atoms with Crippen LogP contribution in [0.25, 0.3) is 11.3 Å². The van der Waals surface area contributed by atoms with Crippen molar-refractivity contribution in [1.29, 1.82) is 5.26 Å². The molecule has 0 saturated carbocycles. The van der Waals surface area contributed by atoms with Crippen molar-refractivity contribution in [1.82, 2.24) is 19.4 Å². The van der Waals surface area contributed by atoms with Crippen molar-refractivity contribution >= 4 is 5.82 Å². The molecule has 0 amide bonds. The van der Waals surface area contributed by atoms with E-state index in [0.29, 0.717) is 24.7 Å². The first kappa shape index (κ1) is 19.2. The maximum atomic E-state index is 10.9. The minimum atomic E-state index is -0.507. The van der Waals surface area contributed by atoms with Gasteiger partial charge in [0.05, 0.1) is 23.9 Å². The fourth-order valence-corrected chi connectivity index (χ4v) is 4.32. The number of aromatic nitrogens is 3. The van der Waals surface area contributed by atoms with Crippen LogP contribution in [0.3, 0.4) is 0 Å². The van der Waals surface area contributed by atoms with Crippen LogP contribution in [0.4, 0.5) is 5.82 Å². The van der Waals surface area contributed by atoms with Gasteiger partial charge in [-0.05, 0) is 35.6 Å². The van der Waals surface area contributed by atoms with Crippen LogP contribution < -0.4 is 4.74 Å². The monoisotopic (exact) mass is 416 g/mol. The number of hydrogen-bond donors (Lipinski definition) is 0. The molecule has 5 rings (SSSR count). The summed E-state index contributed by atoms with van der Waals surface area (Å²) in [6.07, 6.45) is 2.27. The van der Waals surface area contributed by atoms with Gasteiger partial charge in [0, 0.05) is 42.3 Å². The van der Waals surface area contributed by atoms with Crippen molar-refractivity contribution in [2.24, 2.45) is 0 Å². The van der Waals surface area contributed by atoms with Crippen molar-refractivity contribution < 1.29 is 9.66 Å². The van der Waals surface area contributed by atoms with Crippen LogP contribution in [0.1, 0.15) is 23.7 Å². The average Bonchev–Trinajstić information content (AvgIpc) is 3.28. The molecule has 0 bridgehead atoms. The molecule has 0 radical (unpaired) electrons. The Morgan fingerprint density at radius 3 is 2.77 bits per heavy atom. The minimum Gasteiger partial charge on any atom is -0.436 e. The molecule has 0 N–H and O–H groups in total. The number of nitro groups is 1. The van der Waals surface area contributed by atoms with Crippen molar-refractivity contribution in [3.8, 4) is 23.3 Å². The van der Waals surface area contributed by atoms with E-state index in [0.717, 1.165) is 36.5 Å². The smallest absolute Gasteiger partial charge is 0.415 e. The lowest BCUT2D eigenvalue weighted by atomic mass is 10.00. The molecule has 0 aliphatic carbocycles. The molecule has 156 valence electrons. The van der Waals surface area contributed by atoms with Crippen LogP contribution in [0, 0.1) is 21.4 Å². The summed E-state index contributed by atoms with van der Waals surface area (Å²) in [4.78, 5) is 21.5. The predicted molar refractivity (Wildman–Crippen MR) is 111 cm³/mol. The van der Waals surface area contributed by atoms with Crippen molar-refractivity contribution in [2.45, 2.75) is 32.0 Å². The van der Waals surface area contributed by atoms with Gasteiger partial charge < -0.3 is 14.9 Å². The standard InChI is InChI=1S/C22H20N6O3/c1-22(14-27-12-20(28(29)30)25-21(27)31-22)13-26-9-8-19-17(11-26)6-7-18(24-19)16-4-2-15(10-23)3-5-16/h2-7,12H,8-9,11,13-14H2,1H3. The van der Waals surface area contributed by atoms with Crippen molar-refractivity contribution in [3.05, 3.63) is 69.5 Å². The summed E-state index contributed by atoms with van der Waals surface area (Å²) in [6.45, 7) is 4.87. The Morgan fingerprint density at radius 2 is 2.06 bits per heavy atom. The summed E-state index contributed by atoms with van der Waals surface area (Å²) >= 11 is 0. The highest BCUT2D eigenvalue weighted by atomic mass is 16.6. The second kappa shape index (κ2) is 7.18. The SMILES string of the molecule is CC1(CN2CCc3nc(-c4ccc(C#N)cc4)ccc3C2)Cn2cc([N+](=O)[O-])nc2O1. The molecule has 0 fully saturated rings. The van der Waals surface area contributed by atoms with Gasteiger partial charge in [-0.2, -0.15) is 5.26 Å². The Morgan fingerprint density at radius 1 is 1.26 bits per heavy atom. The molecule has 2 aromatic heterocycles. The topological polar surface area (TPSA) is 110 Å². The van der Waals surface area contributed by atoms with Gasteiger partial charge in [0.1, 0.15) is 11.8 Å². The summed E-state index contributed by atoms with van der Waals surface area (Å²) in [5.41, 5.74) is 4.36. The van der Waals surface area contributed by atoms with E-state index in [1.807, 2.05) is 25.1 Å². The van der Waals surface area contributed by atoms with E-state index < -0.39 is 10.5 Å². The summed E-state index contributed by atoms with van der Waals surface area (Å²) < 4.78 is 7.69. The maximum absolute atomic E-state index is 10.9. The summed E-state index contributed by atoms with van der Waals surface area (Å²) in [5, 5.41) is 19.9. The Kier molecular flexibility index (Phi) is 4.45. The van der Waals surface area contributed by atoms with Gasteiger partial charge in [0.15, 0.2) is 0 Å². The third-order valence-corrected chi connectivity index (χ3v) is 5.75. The number of hydrogen-bond acceptors (Lipinski definition) is 7. The van der Waals surface area contributed by atoms with Crippen molar-refractivity contribution in [2.75, 3.05) is 13.1 Å². The number of nitrogens with zero attached hydrogens (tertiary/aromatic N) is 6. The quantitative estimate of drug-likeness (QED) is 0.475. The average molecular weight is 416 g/mol. The maximum Gasteiger partial charge on any atom is 0.415 e. The lowest BCUT2D eigenvalue weighted by Gasteiger charge is -2.34. The third-order valence-electron chi connectivity index (χ3n) is 5.75. The van der Waals surface area contributed by atoms with Gasteiger partial charge >= 0.3 is 11.8 Å². The summed E-state index contributed by atoms with van der Waals surface area (Å²) in [5.74, 6) is -0.187. The van der Waals surface area contributed by atoms with E-state index in [1.165, 1.54) is 11.8 Å². The molecule has 1 atom stereocenters. The highest BCUT2D eigenvalue weighted by molar-refractivity contribution is 5.61. The lowest BCUT2D eigenvalue weighted by molar-refractivity contribution is -0.389. The molecule has 2 aliphatic rings. The van der Waals surface area contributed by atoms with Gasteiger partial charge in [-0.3, -0.25) is 14.5 Å². The van der Waals surface area contributed by atoms with E-state index in [2.05, 4.69) is 22.0 Å². The fourth-order valence-electron chi connectivity index (χ4n) is 4.32. The molecule has 0 saturated heterocycles. The molecule has 3 aromatic rings. The molecule has 4 heterocycles. The van der Waals surface area contributed by atoms with E-state index in [-0.39, 0.29) is 5.82 Å². The zero-order valence-electron chi connectivity index (χ0n) is 17.0. The second-order valence-electron chi connectivity index (χ2n) is 8.27. The van der Waals surface area contributed by atoms with Crippen LogP contribution in [0.5, 0.6) is 6.01 Å². The van der Waals surface area contributed by atoms with E-state index >= 15 is 0 Å². The largest absolute Gasteiger partial charge is 0.436 e. The molecule has 1 unspecified atom stereocenters. The first-order chi connectivity index (χ1) is 14.9. The van der Waals surface area contributed by atoms with Crippen LogP contribution in [0.2, 0.25) is 0 Å². The van der Waals surface area contributed by atoms with Gasteiger partial charge in [0.2, 0.25) is 0 Å². The van der Waals surface area contributed by atoms with Gasteiger partial charge in [-0.1, -0.05) is 18.2 Å². The van der Waals surface area contributed by atoms with Gasteiger partial charge in [-0.15, -0.1) is 0 Å². The predicted octanol–water partition coefficient (Wildman–Crippen LogP) is 2.93. The zero-order chi connectivity index (χ0) is 21.6. The Labute approximate surface area is 178 Å². The van der Waals surface area contributed by atoms with Crippen LogP contribution in [-0.4, -0.2) is 43.0 Å². The summed E-state index contributed by atoms with van der Waals surface area (Å²) in [6, 6.07) is 14.0. The fraction of sp³-hybridized carbons (Fsp3) is 0.318. The van der Waals surface area contributed by atoms with Crippen LogP contribution >= 0.6 is 0 Å². The molecular formula is C22H20N6O3. The molecule has 1 aromatic carbocycles. The first-order valence-electron chi connectivity index (χ1n) is 10.0. The Hall–Kier alpha value is -3.77. The molecule has 2 aliphatic heterocycles. The van der Waals surface area contributed by atoms with E-state index in [1.54, 1.807) is 16.7 Å². The van der Waals surface area contributed by atoms with E-state index in [4.69, 9.17) is 15.0 Å². The lowest BCUT2D eigenvalue weighted by Crippen LogP contribution is -2.46. The number of imidazole rings is 1. The van der Waals surface area contributed by atoms with Crippen molar-refractivity contribution in [3.63, 3.8) is 0 Å². The van der Waals surface area contributed by atoms with Crippen LogP contribution in [-0.2, 0) is 19.5 Å². The van der Waals surface area contributed by atoms with Gasteiger partial charge in [0.25, 0.3) is 0 Å². The number of benzene rings is 1. The minimum absolute atomic E-state index is 0.187. The van der Waals surface area contributed by atoms with Crippen LogP contribution in [0.15, 0.2) is 42.6 Å². The number of ether oxygens (including phenoxy) is 1. The van der Waals surface area contributed by atoms with Gasteiger partial charge in [-0.25, -0.2) is 0 Å². The zero-order valence-corrected chi connectivity index (χ0v) is 17.0. The highest BCUT2D eigenvalue weighted by Crippen LogP contribution is 2.32. The molecule has 0 spiro atoms. The molecular weight excluding hydrogens is 396 g/mol. The number of fused-ring (bicyclic) bond motifs is 2. The third kappa shape index (κ3) is 3.62. The molecule has 9 heteroatoms. The Balaban J connectivity index is 1.27. The number of nitriles is 1. The van der Waals surface area contributed by atoms with E-state index in [9.17, 15) is 10.1 Å². The number of rotatable bonds is 4. The Bertz CT molecular complexity index is 1190. The first-order valence-corrected chi connectivity index (χ1v) is 10.0. The molecule has 9 nitrogen and oxygen atoms in total. The normalized spacial score (nSPS) is 19.9.